The summed E-state index contributed by atoms with van der Waals surface area (Å²) < 4.78 is 1.77. The second kappa shape index (κ2) is 10.5. The van der Waals surface area contributed by atoms with Crippen LogP contribution < -0.4 is 10.6 Å². The highest BCUT2D eigenvalue weighted by Gasteiger charge is 2.21. The lowest BCUT2D eigenvalue weighted by Crippen LogP contribution is -2.35. The van der Waals surface area contributed by atoms with Crippen LogP contribution in [0.15, 0.2) is 91.3 Å². The predicted octanol–water partition coefficient (Wildman–Crippen LogP) is 5.81. The molecular formula is C27H27ClN4O. The van der Waals surface area contributed by atoms with Crippen molar-refractivity contribution in [3.8, 4) is 11.1 Å². The number of benzene rings is 3. The molecule has 0 aliphatic rings. The SMILES string of the molecule is CC(CN[C@H](C(=O)Nc1ccc(-c2cnn(C)c2)cc1)c1ccccc1)c1ccc(Cl)cc1. The van der Waals surface area contributed by atoms with Gasteiger partial charge in [-0.05, 0) is 46.9 Å². The van der Waals surface area contributed by atoms with Crippen LogP contribution >= 0.6 is 11.6 Å². The molecule has 4 rings (SSSR count). The summed E-state index contributed by atoms with van der Waals surface area (Å²) in [5.41, 5.74) is 4.93. The fourth-order valence-electron chi connectivity index (χ4n) is 3.74. The third kappa shape index (κ3) is 5.89. The van der Waals surface area contributed by atoms with Crippen LogP contribution in [-0.4, -0.2) is 22.2 Å². The van der Waals surface area contributed by atoms with Gasteiger partial charge in [0.15, 0.2) is 0 Å². The van der Waals surface area contributed by atoms with Gasteiger partial charge in [0.1, 0.15) is 6.04 Å². The molecule has 1 amide bonds. The molecule has 33 heavy (non-hydrogen) atoms. The van der Waals surface area contributed by atoms with Crippen molar-refractivity contribution in [1.29, 1.82) is 0 Å². The second-order valence-electron chi connectivity index (χ2n) is 8.17. The molecule has 0 fully saturated rings. The number of aromatic nitrogens is 2. The molecule has 2 N–H and O–H groups in total. The predicted molar refractivity (Wildman–Crippen MR) is 134 cm³/mol. The molecule has 0 saturated heterocycles. The molecule has 0 bridgehead atoms. The van der Waals surface area contributed by atoms with Gasteiger partial charge in [0.2, 0.25) is 5.91 Å². The lowest BCUT2D eigenvalue weighted by molar-refractivity contribution is -0.118. The Labute approximate surface area is 199 Å². The molecule has 3 aromatic carbocycles. The van der Waals surface area contributed by atoms with Gasteiger partial charge in [0.05, 0.1) is 6.20 Å². The first-order valence-electron chi connectivity index (χ1n) is 10.9. The number of nitrogens with zero attached hydrogens (tertiary/aromatic N) is 2. The van der Waals surface area contributed by atoms with Crippen LogP contribution in [0.4, 0.5) is 5.69 Å². The van der Waals surface area contributed by atoms with Crippen LogP contribution in [0, 0.1) is 0 Å². The first kappa shape index (κ1) is 22.8. The van der Waals surface area contributed by atoms with Crippen LogP contribution in [0.3, 0.4) is 0 Å². The maximum Gasteiger partial charge on any atom is 0.246 e. The van der Waals surface area contributed by atoms with E-state index in [0.29, 0.717) is 6.54 Å². The molecule has 6 heteroatoms. The number of carbonyl (C=O) groups excluding carboxylic acids is 1. The van der Waals surface area contributed by atoms with Crippen LogP contribution in [-0.2, 0) is 11.8 Å². The Morgan fingerprint density at radius 2 is 1.64 bits per heavy atom. The van der Waals surface area contributed by atoms with E-state index in [9.17, 15) is 4.79 Å². The van der Waals surface area contributed by atoms with Crippen molar-refractivity contribution >= 4 is 23.2 Å². The van der Waals surface area contributed by atoms with E-state index in [4.69, 9.17) is 11.6 Å². The third-order valence-electron chi connectivity index (χ3n) is 5.65. The zero-order chi connectivity index (χ0) is 23.2. The Hall–Kier alpha value is -3.41. The molecular weight excluding hydrogens is 432 g/mol. The summed E-state index contributed by atoms with van der Waals surface area (Å²) in [6, 6.07) is 24.9. The molecule has 0 radical (unpaired) electrons. The highest BCUT2D eigenvalue weighted by Crippen LogP contribution is 2.23. The molecule has 1 heterocycles. The molecule has 0 aliphatic heterocycles. The standard InChI is InChI=1S/C27H27ClN4O/c1-19(20-8-12-24(28)13-9-20)16-29-26(22-6-4-3-5-7-22)27(33)31-25-14-10-21(11-15-25)23-17-30-32(2)18-23/h3-15,17-19,26,29H,16H2,1-2H3,(H,31,33)/t19?,26-/m0/s1. The summed E-state index contributed by atoms with van der Waals surface area (Å²) >= 11 is 6.02. The van der Waals surface area contributed by atoms with Gasteiger partial charge in [0, 0.05) is 36.1 Å². The van der Waals surface area contributed by atoms with Crippen molar-refractivity contribution < 1.29 is 4.79 Å². The molecule has 4 aromatic rings. The van der Waals surface area contributed by atoms with E-state index >= 15 is 0 Å². The molecule has 2 atom stereocenters. The molecule has 168 valence electrons. The summed E-state index contributed by atoms with van der Waals surface area (Å²) in [5, 5.41) is 11.4. The highest BCUT2D eigenvalue weighted by molar-refractivity contribution is 6.30. The number of amides is 1. The molecule has 0 aliphatic carbocycles. The van der Waals surface area contributed by atoms with Crippen LogP contribution in [0.1, 0.15) is 30.0 Å². The number of hydrogen-bond donors (Lipinski definition) is 2. The van der Waals surface area contributed by atoms with Gasteiger partial charge in [-0.2, -0.15) is 5.10 Å². The maximum atomic E-state index is 13.3. The second-order valence-corrected chi connectivity index (χ2v) is 8.61. The van der Waals surface area contributed by atoms with E-state index in [1.165, 1.54) is 5.56 Å². The van der Waals surface area contributed by atoms with E-state index in [0.717, 1.165) is 27.4 Å². The van der Waals surface area contributed by atoms with E-state index in [-0.39, 0.29) is 11.8 Å². The minimum absolute atomic E-state index is 0.0985. The van der Waals surface area contributed by atoms with Crippen LogP contribution in [0.2, 0.25) is 5.02 Å². The van der Waals surface area contributed by atoms with Gasteiger partial charge in [-0.25, -0.2) is 0 Å². The average Bonchev–Trinajstić information content (AvgIpc) is 3.27. The Balaban J connectivity index is 1.46. The van der Waals surface area contributed by atoms with Gasteiger partial charge in [-0.15, -0.1) is 0 Å². The summed E-state index contributed by atoms with van der Waals surface area (Å²) in [5.74, 6) is 0.124. The van der Waals surface area contributed by atoms with Gasteiger partial charge in [-0.3, -0.25) is 9.48 Å². The Morgan fingerprint density at radius 3 is 2.27 bits per heavy atom. The molecule has 0 spiro atoms. The summed E-state index contributed by atoms with van der Waals surface area (Å²) in [6.45, 7) is 2.78. The minimum Gasteiger partial charge on any atom is -0.324 e. The van der Waals surface area contributed by atoms with Crippen molar-refractivity contribution in [3.05, 3.63) is 107 Å². The monoisotopic (exact) mass is 458 g/mol. The normalized spacial score (nSPS) is 12.8. The zero-order valence-electron chi connectivity index (χ0n) is 18.7. The highest BCUT2D eigenvalue weighted by atomic mass is 35.5. The van der Waals surface area contributed by atoms with E-state index in [1.807, 2.05) is 98.3 Å². The quantitative estimate of drug-likeness (QED) is 0.350. The van der Waals surface area contributed by atoms with Crippen molar-refractivity contribution in [2.45, 2.75) is 18.9 Å². The van der Waals surface area contributed by atoms with Crippen molar-refractivity contribution in [2.75, 3.05) is 11.9 Å². The van der Waals surface area contributed by atoms with Gasteiger partial charge in [0.25, 0.3) is 0 Å². The summed E-state index contributed by atoms with van der Waals surface area (Å²) in [6.07, 6.45) is 3.79. The van der Waals surface area contributed by atoms with Crippen molar-refractivity contribution in [3.63, 3.8) is 0 Å². The van der Waals surface area contributed by atoms with Crippen LogP contribution in [0.25, 0.3) is 11.1 Å². The van der Waals surface area contributed by atoms with Gasteiger partial charge >= 0.3 is 0 Å². The fourth-order valence-corrected chi connectivity index (χ4v) is 3.87. The van der Waals surface area contributed by atoms with E-state index in [2.05, 4.69) is 22.7 Å². The van der Waals surface area contributed by atoms with Crippen molar-refractivity contribution in [2.24, 2.45) is 7.05 Å². The topological polar surface area (TPSA) is 59.0 Å². The van der Waals surface area contributed by atoms with Crippen LogP contribution in [0.5, 0.6) is 0 Å². The number of halogens is 1. The Morgan fingerprint density at radius 1 is 0.939 bits per heavy atom. The average molecular weight is 459 g/mol. The zero-order valence-corrected chi connectivity index (χ0v) is 19.5. The lowest BCUT2D eigenvalue weighted by atomic mass is 9.99. The van der Waals surface area contributed by atoms with Gasteiger partial charge in [-0.1, -0.05) is 73.1 Å². The largest absolute Gasteiger partial charge is 0.324 e. The van der Waals surface area contributed by atoms with Crippen molar-refractivity contribution in [1.82, 2.24) is 15.1 Å². The third-order valence-corrected chi connectivity index (χ3v) is 5.90. The van der Waals surface area contributed by atoms with E-state index < -0.39 is 6.04 Å². The number of nitrogens with one attached hydrogen (secondary N) is 2. The Bertz CT molecular complexity index is 1190. The number of hydrogen-bond acceptors (Lipinski definition) is 3. The number of anilines is 1. The fraction of sp³-hybridized carbons (Fsp3) is 0.185. The summed E-state index contributed by atoms with van der Waals surface area (Å²) in [7, 11) is 1.89. The number of rotatable bonds is 8. The minimum atomic E-state index is -0.473. The molecule has 5 nitrogen and oxygen atoms in total. The van der Waals surface area contributed by atoms with Gasteiger partial charge < -0.3 is 10.6 Å². The molecule has 1 aromatic heterocycles. The first-order valence-corrected chi connectivity index (χ1v) is 11.3. The smallest absolute Gasteiger partial charge is 0.246 e. The number of aryl methyl sites for hydroxylation is 1. The molecule has 1 unspecified atom stereocenters. The number of carbonyl (C=O) groups is 1. The van der Waals surface area contributed by atoms with E-state index in [1.54, 1.807) is 4.68 Å². The summed E-state index contributed by atoms with van der Waals surface area (Å²) in [4.78, 5) is 13.3. The molecule has 0 saturated carbocycles. The Kier molecular flexibility index (Phi) is 7.23. The first-order chi connectivity index (χ1) is 16.0. The lowest BCUT2D eigenvalue weighted by Gasteiger charge is -2.22. The maximum absolute atomic E-state index is 13.3.